The van der Waals surface area contributed by atoms with Gasteiger partial charge < -0.3 is 9.05 Å². The molecule has 0 saturated carbocycles. The van der Waals surface area contributed by atoms with Gasteiger partial charge in [0.25, 0.3) is 0 Å². The molecule has 5 heteroatoms. The van der Waals surface area contributed by atoms with Crippen molar-refractivity contribution in [2.75, 3.05) is 0 Å². The average molecular weight is 293 g/mol. The third-order valence-electron chi connectivity index (χ3n) is 1.89. The molecular formula is C12H11NiO3P. The van der Waals surface area contributed by atoms with Gasteiger partial charge in [0, 0.05) is 16.5 Å². The van der Waals surface area contributed by atoms with Gasteiger partial charge in [-0.15, -0.1) is 0 Å². The summed E-state index contributed by atoms with van der Waals surface area (Å²) in [6, 6.07) is 17.9. The molecule has 92 valence electrons. The van der Waals surface area contributed by atoms with Gasteiger partial charge in [-0.25, -0.2) is 4.57 Å². The standard InChI is InChI=1S/C12H11O3P.Ni/c13-16(14-11-7-3-1-4-8-11)15-12-9-5-2-6-10-12;/h1-10,16H;. The van der Waals surface area contributed by atoms with Crippen LogP contribution in [-0.2, 0) is 21.1 Å². The van der Waals surface area contributed by atoms with Crippen molar-refractivity contribution in [3.8, 4) is 11.5 Å². The van der Waals surface area contributed by atoms with E-state index in [2.05, 4.69) is 0 Å². The first-order chi connectivity index (χ1) is 7.84. The average Bonchev–Trinajstić information content (AvgIpc) is 2.31. The first-order valence-electron chi connectivity index (χ1n) is 4.84. The van der Waals surface area contributed by atoms with E-state index in [9.17, 15) is 4.57 Å². The summed E-state index contributed by atoms with van der Waals surface area (Å²) in [5, 5.41) is 0. The van der Waals surface area contributed by atoms with Crippen LogP contribution in [0.3, 0.4) is 0 Å². The van der Waals surface area contributed by atoms with Crippen LogP contribution in [-0.4, -0.2) is 0 Å². The van der Waals surface area contributed by atoms with Gasteiger partial charge in [-0.1, -0.05) is 36.4 Å². The molecule has 2 aromatic rings. The van der Waals surface area contributed by atoms with Crippen LogP contribution in [0.1, 0.15) is 0 Å². The SMILES string of the molecule is O=[PH](Oc1ccccc1)Oc1ccccc1.[Ni]. The topological polar surface area (TPSA) is 35.5 Å². The molecule has 0 aliphatic rings. The molecule has 2 aromatic carbocycles. The van der Waals surface area contributed by atoms with Crippen molar-refractivity contribution < 1.29 is 30.1 Å². The molecule has 0 N–H and O–H groups in total. The van der Waals surface area contributed by atoms with Gasteiger partial charge in [-0.2, -0.15) is 0 Å². The molecule has 0 heterocycles. The zero-order valence-corrected chi connectivity index (χ0v) is 10.8. The molecule has 0 bridgehead atoms. The summed E-state index contributed by atoms with van der Waals surface area (Å²) in [5.41, 5.74) is 0. The zero-order chi connectivity index (χ0) is 11.2. The Morgan fingerprint density at radius 2 is 1.06 bits per heavy atom. The fourth-order valence-corrected chi connectivity index (χ4v) is 1.89. The summed E-state index contributed by atoms with van der Waals surface area (Å²) >= 11 is 0. The maximum Gasteiger partial charge on any atom is 0.418 e. The Morgan fingerprint density at radius 1 is 0.706 bits per heavy atom. The Balaban J connectivity index is 0.00000144. The van der Waals surface area contributed by atoms with E-state index in [0.717, 1.165) is 0 Å². The molecule has 3 nitrogen and oxygen atoms in total. The zero-order valence-electron chi connectivity index (χ0n) is 8.81. The van der Waals surface area contributed by atoms with Crippen molar-refractivity contribution in [1.29, 1.82) is 0 Å². The molecule has 0 aliphatic carbocycles. The number of benzene rings is 2. The predicted octanol–water partition coefficient (Wildman–Crippen LogP) is 3.53. The molecule has 0 spiro atoms. The third-order valence-corrected chi connectivity index (χ3v) is 2.69. The minimum atomic E-state index is -2.54. The van der Waals surface area contributed by atoms with Crippen LogP contribution in [0, 0.1) is 0 Å². The summed E-state index contributed by atoms with van der Waals surface area (Å²) in [6.07, 6.45) is 0. The van der Waals surface area contributed by atoms with Gasteiger partial charge in [-0.3, -0.25) is 0 Å². The summed E-state index contributed by atoms with van der Waals surface area (Å²) in [7, 11) is -2.54. The van der Waals surface area contributed by atoms with E-state index in [1.54, 1.807) is 24.3 Å². The van der Waals surface area contributed by atoms with E-state index < -0.39 is 8.25 Å². The number of hydrogen-bond donors (Lipinski definition) is 0. The van der Waals surface area contributed by atoms with Crippen LogP contribution in [0.5, 0.6) is 11.5 Å². The van der Waals surface area contributed by atoms with Gasteiger partial charge >= 0.3 is 8.25 Å². The van der Waals surface area contributed by atoms with E-state index >= 15 is 0 Å². The first-order valence-corrected chi connectivity index (χ1v) is 6.07. The van der Waals surface area contributed by atoms with Crippen molar-refractivity contribution in [2.24, 2.45) is 0 Å². The van der Waals surface area contributed by atoms with E-state index in [-0.39, 0.29) is 16.5 Å². The third kappa shape index (κ3) is 4.64. The fourth-order valence-electron chi connectivity index (χ4n) is 1.19. The van der Waals surface area contributed by atoms with Crippen molar-refractivity contribution in [1.82, 2.24) is 0 Å². The maximum atomic E-state index is 11.5. The number of rotatable bonds is 4. The second kappa shape index (κ2) is 7.16. The Bertz CT molecular complexity index is 418. The van der Waals surface area contributed by atoms with Gasteiger partial charge in [0.1, 0.15) is 11.5 Å². The molecule has 0 aliphatic heterocycles. The monoisotopic (exact) mass is 292 g/mol. The summed E-state index contributed by atoms with van der Waals surface area (Å²) in [5.74, 6) is 1.09. The second-order valence-corrected chi connectivity index (χ2v) is 3.99. The van der Waals surface area contributed by atoms with E-state index in [4.69, 9.17) is 9.05 Å². The largest absolute Gasteiger partial charge is 0.418 e. The Morgan fingerprint density at radius 3 is 1.41 bits per heavy atom. The van der Waals surface area contributed by atoms with Gasteiger partial charge in [0.15, 0.2) is 0 Å². The van der Waals surface area contributed by atoms with Crippen LogP contribution in [0.4, 0.5) is 0 Å². The predicted molar refractivity (Wildman–Crippen MR) is 63.1 cm³/mol. The van der Waals surface area contributed by atoms with Crippen LogP contribution in [0.2, 0.25) is 0 Å². The van der Waals surface area contributed by atoms with Crippen LogP contribution in [0.25, 0.3) is 0 Å². The number of para-hydroxylation sites is 2. The van der Waals surface area contributed by atoms with Gasteiger partial charge in [-0.05, 0) is 24.3 Å². The molecule has 0 aromatic heterocycles. The molecular weight excluding hydrogens is 282 g/mol. The molecule has 0 radical (unpaired) electrons. The van der Waals surface area contributed by atoms with E-state index in [1.807, 2.05) is 36.4 Å². The maximum absolute atomic E-state index is 11.5. The summed E-state index contributed by atoms with van der Waals surface area (Å²) < 4.78 is 21.8. The van der Waals surface area contributed by atoms with E-state index in [0.29, 0.717) is 11.5 Å². The minimum Gasteiger partial charge on any atom is -0.418 e. The second-order valence-electron chi connectivity index (χ2n) is 3.08. The quantitative estimate of drug-likeness (QED) is 0.639. The fraction of sp³-hybridized carbons (Fsp3) is 0. The smallest absolute Gasteiger partial charge is 0.418 e. The summed E-state index contributed by atoms with van der Waals surface area (Å²) in [6.45, 7) is 0. The van der Waals surface area contributed by atoms with Crippen molar-refractivity contribution in [3.63, 3.8) is 0 Å². The summed E-state index contributed by atoms with van der Waals surface area (Å²) in [4.78, 5) is 0. The van der Waals surface area contributed by atoms with Gasteiger partial charge in [0.2, 0.25) is 0 Å². The first kappa shape index (κ1) is 13.8. The van der Waals surface area contributed by atoms with Crippen LogP contribution >= 0.6 is 8.25 Å². The van der Waals surface area contributed by atoms with Crippen molar-refractivity contribution in [3.05, 3.63) is 60.7 Å². The number of hydrogen-bond acceptors (Lipinski definition) is 3. The Hall–Kier alpha value is -1.24. The van der Waals surface area contributed by atoms with Crippen molar-refractivity contribution >= 4 is 8.25 Å². The van der Waals surface area contributed by atoms with E-state index in [1.165, 1.54) is 0 Å². The normalized spacial score (nSPS) is 9.47. The van der Waals surface area contributed by atoms with Crippen LogP contribution in [0.15, 0.2) is 60.7 Å². The molecule has 0 atom stereocenters. The van der Waals surface area contributed by atoms with Gasteiger partial charge in [0.05, 0.1) is 0 Å². The molecule has 17 heavy (non-hydrogen) atoms. The Kier molecular flexibility index (Phi) is 5.82. The molecule has 0 saturated heterocycles. The molecule has 0 unspecified atom stereocenters. The van der Waals surface area contributed by atoms with Crippen molar-refractivity contribution in [2.45, 2.75) is 0 Å². The molecule has 0 amide bonds. The molecule has 2 rings (SSSR count). The minimum absolute atomic E-state index is 0. The Labute approximate surface area is 111 Å². The molecule has 0 fully saturated rings. The van der Waals surface area contributed by atoms with Crippen LogP contribution < -0.4 is 9.05 Å².